The van der Waals surface area contributed by atoms with Crippen molar-refractivity contribution in [3.8, 4) is 0 Å². The molecule has 1 saturated heterocycles. The van der Waals surface area contributed by atoms with Gasteiger partial charge in [-0.25, -0.2) is 0 Å². The molecule has 0 spiro atoms. The second kappa shape index (κ2) is 4.24. The van der Waals surface area contributed by atoms with Crippen LogP contribution in [0.25, 0.3) is 0 Å². The maximum Gasteiger partial charge on any atom is 0.225 e. The van der Waals surface area contributed by atoms with Crippen molar-refractivity contribution in [2.45, 2.75) is 64.8 Å². The second-order valence-electron chi connectivity index (χ2n) is 9.64. The molecule has 1 aliphatic heterocycles. The molecule has 1 amide bonds. The Balaban J connectivity index is 1.56. The molecule has 0 aromatic heterocycles. The molecular weight excluding hydrogens is 260 g/mol. The van der Waals surface area contributed by atoms with E-state index in [0.29, 0.717) is 22.7 Å². The lowest BCUT2D eigenvalue weighted by molar-refractivity contribution is -0.143. The molecule has 3 nitrogen and oxygen atoms in total. The SMILES string of the molecule is C[C@@H]1CNC[C@H]1C(=O)NC12CC3CC(C)(CC(C)(C3)C1)C2. The summed E-state index contributed by atoms with van der Waals surface area (Å²) in [7, 11) is 0. The zero-order valence-electron chi connectivity index (χ0n) is 13.8. The molecule has 2 unspecified atom stereocenters. The minimum absolute atomic E-state index is 0.113. The van der Waals surface area contributed by atoms with Crippen LogP contribution in [0.1, 0.15) is 59.3 Å². The number of carbonyl (C=O) groups is 1. The van der Waals surface area contributed by atoms with E-state index in [0.717, 1.165) is 19.0 Å². The summed E-state index contributed by atoms with van der Waals surface area (Å²) in [4.78, 5) is 12.8. The van der Waals surface area contributed by atoms with Crippen molar-refractivity contribution >= 4 is 5.91 Å². The molecule has 0 radical (unpaired) electrons. The third-order valence-electron chi connectivity index (χ3n) is 6.87. The first-order valence-electron chi connectivity index (χ1n) is 8.83. The average Bonchev–Trinajstić information content (AvgIpc) is 2.69. The molecule has 1 heterocycles. The summed E-state index contributed by atoms with van der Waals surface area (Å²) >= 11 is 0. The second-order valence-corrected chi connectivity index (χ2v) is 9.64. The molecule has 4 aliphatic carbocycles. The quantitative estimate of drug-likeness (QED) is 0.821. The maximum absolute atomic E-state index is 12.8. The fraction of sp³-hybridized carbons (Fsp3) is 0.944. The number of nitrogens with one attached hydrogen (secondary N) is 2. The first-order valence-corrected chi connectivity index (χ1v) is 8.83. The monoisotopic (exact) mass is 290 g/mol. The molecule has 5 aliphatic rings. The standard InChI is InChI=1S/C18H30N2O/c1-12-7-19-8-14(12)15(21)20-18-6-13-4-16(2,10-18)9-17(3,5-13)11-18/h12-14,19H,4-11H2,1-3H3,(H,20,21)/t12-,13?,14-,16?,17?,18?/m1/s1. The van der Waals surface area contributed by atoms with Crippen molar-refractivity contribution in [1.82, 2.24) is 10.6 Å². The molecule has 5 fully saturated rings. The minimum atomic E-state index is 0.113. The van der Waals surface area contributed by atoms with Crippen LogP contribution in [-0.2, 0) is 4.79 Å². The lowest BCUT2D eigenvalue weighted by atomic mass is 9.42. The Hall–Kier alpha value is -0.570. The Kier molecular flexibility index (Phi) is 2.84. The molecule has 118 valence electrons. The summed E-state index contributed by atoms with van der Waals surface area (Å²) in [6.07, 6.45) is 7.82. The normalized spacial score (nSPS) is 54.9. The summed E-state index contributed by atoms with van der Waals surface area (Å²) in [5, 5.41) is 6.93. The Bertz CT molecular complexity index is 456. The number of hydrogen-bond acceptors (Lipinski definition) is 2. The number of amides is 1. The van der Waals surface area contributed by atoms with Crippen molar-refractivity contribution in [2.24, 2.45) is 28.6 Å². The Morgan fingerprint density at radius 1 is 1.05 bits per heavy atom. The summed E-state index contributed by atoms with van der Waals surface area (Å²) in [6.45, 7) is 8.99. The predicted octanol–water partition coefficient (Wildman–Crippen LogP) is 2.71. The highest BCUT2D eigenvalue weighted by Gasteiger charge is 2.60. The van der Waals surface area contributed by atoms with Gasteiger partial charge in [-0.15, -0.1) is 0 Å². The highest BCUT2D eigenvalue weighted by Crippen LogP contribution is 2.66. The maximum atomic E-state index is 12.8. The van der Waals surface area contributed by atoms with E-state index in [-0.39, 0.29) is 11.5 Å². The van der Waals surface area contributed by atoms with Crippen molar-refractivity contribution in [3.63, 3.8) is 0 Å². The Morgan fingerprint density at radius 2 is 1.71 bits per heavy atom. The average molecular weight is 290 g/mol. The van der Waals surface area contributed by atoms with E-state index in [9.17, 15) is 4.79 Å². The van der Waals surface area contributed by atoms with Crippen LogP contribution in [0.3, 0.4) is 0 Å². The van der Waals surface area contributed by atoms with E-state index in [1.54, 1.807) is 0 Å². The van der Waals surface area contributed by atoms with Crippen LogP contribution < -0.4 is 10.6 Å². The molecular formula is C18H30N2O. The first-order chi connectivity index (χ1) is 9.81. The van der Waals surface area contributed by atoms with Crippen LogP contribution in [0.4, 0.5) is 0 Å². The van der Waals surface area contributed by atoms with Gasteiger partial charge in [0, 0.05) is 12.1 Å². The third kappa shape index (κ3) is 2.23. The van der Waals surface area contributed by atoms with Gasteiger partial charge in [0.1, 0.15) is 0 Å². The summed E-state index contributed by atoms with van der Waals surface area (Å²) in [5.74, 6) is 1.82. The topological polar surface area (TPSA) is 41.1 Å². The molecule has 4 saturated carbocycles. The van der Waals surface area contributed by atoms with E-state index >= 15 is 0 Å². The molecule has 5 rings (SSSR count). The molecule has 2 N–H and O–H groups in total. The molecule has 4 atom stereocenters. The predicted molar refractivity (Wildman–Crippen MR) is 83.8 cm³/mol. The molecule has 3 heteroatoms. The smallest absolute Gasteiger partial charge is 0.225 e. The van der Waals surface area contributed by atoms with E-state index in [1.807, 2.05) is 0 Å². The Labute approximate surface area is 128 Å². The lowest BCUT2D eigenvalue weighted by Crippen LogP contribution is -2.65. The van der Waals surface area contributed by atoms with Gasteiger partial charge in [-0.05, 0) is 67.7 Å². The van der Waals surface area contributed by atoms with Gasteiger partial charge in [0.2, 0.25) is 5.91 Å². The zero-order chi connectivity index (χ0) is 14.9. The zero-order valence-corrected chi connectivity index (χ0v) is 13.8. The molecule has 0 aromatic carbocycles. The van der Waals surface area contributed by atoms with Gasteiger partial charge in [-0.3, -0.25) is 4.79 Å². The molecule has 0 aromatic rings. The van der Waals surface area contributed by atoms with Crippen LogP contribution >= 0.6 is 0 Å². The van der Waals surface area contributed by atoms with Crippen molar-refractivity contribution in [2.75, 3.05) is 13.1 Å². The first kappa shape index (κ1) is 14.0. The molecule has 4 bridgehead atoms. The van der Waals surface area contributed by atoms with Gasteiger partial charge >= 0.3 is 0 Å². The van der Waals surface area contributed by atoms with E-state index in [1.165, 1.54) is 38.5 Å². The minimum Gasteiger partial charge on any atom is -0.350 e. The van der Waals surface area contributed by atoms with Crippen molar-refractivity contribution < 1.29 is 4.79 Å². The summed E-state index contributed by atoms with van der Waals surface area (Å²) in [5.41, 5.74) is 1.06. The van der Waals surface area contributed by atoms with E-state index < -0.39 is 0 Å². The van der Waals surface area contributed by atoms with Crippen LogP contribution in [0, 0.1) is 28.6 Å². The summed E-state index contributed by atoms with van der Waals surface area (Å²) in [6, 6.07) is 0. The van der Waals surface area contributed by atoms with Gasteiger partial charge in [0.15, 0.2) is 0 Å². The van der Waals surface area contributed by atoms with Crippen LogP contribution in [0.5, 0.6) is 0 Å². The van der Waals surface area contributed by atoms with Gasteiger partial charge in [0.25, 0.3) is 0 Å². The summed E-state index contributed by atoms with van der Waals surface area (Å²) < 4.78 is 0. The van der Waals surface area contributed by atoms with Gasteiger partial charge in [0.05, 0.1) is 5.92 Å². The molecule has 21 heavy (non-hydrogen) atoms. The number of hydrogen-bond donors (Lipinski definition) is 2. The number of rotatable bonds is 2. The van der Waals surface area contributed by atoms with Gasteiger partial charge < -0.3 is 10.6 Å². The largest absolute Gasteiger partial charge is 0.350 e. The fourth-order valence-electron chi connectivity index (χ4n) is 7.10. The van der Waals surface area contributed by atoms with Crippen LogP contribution in [0.2, 0.25) is 0 Å². The fourth-order valence-corrected chi connectivity index (χ4v) is 7.10. The Morgan fingerprint density at radius 3 is 2.24 bits per heavy atom. The van der Waals surface area contributed by atoms with Crippen molar-refractivity contribution in [1.29, 1.82) is 0 Å². The highest BCUT2D eigenvalue weighted by molar-refractivity contribution is 5.80. The van der Waals surface area contributed by atoms with Crippen LogP contribution in [-0.4, -0.2) is 24.5 Å². The van der Waals surface area contributed by atoms with E-state index in [2.05, 4.69) is 31.4 Å². The van der Waals surface area contributed by atoms with E-state index in [4.69, 9.17) is 0 Å². The third-order valence-corrected chi connectivity index (χ3v) is 6.87. The van der Waals surface area contributed by atoms with Gasteiger partial charge in [-0.1, -0.05) is 20.8 Å². The van der Waals surface area contributed by atoms with Crippen LogP contribution in [0.15, 0.2) is 0 Å². The highest BCUT2D eigenvalue weighted by atomic mass is 16.2. The number of carbonyl (C=O) groups excluding carboxylic acids is 1. The van der Waals surface area contributed by atoms with Gasteiger partial charge in [-0.2, -0.15) is 0 Å². The lowest BCUT2D eigenvalue weighted by Gasteiger charge is -2.65. The van der Waals surface area contributed by atoms with Crippen molar-refractivity contribution in [3.05, 3.63) is 0 Å².